The average Bonchev–Trinajstić information content (AvgIpc) is 2.25. The van der Waals surface area contributed by atoms with E-state index < -0.39 is 8.32 Å². The standard InChI is InChI=1S/C14H28O2Si/c1-14(2,3)17(4,5)16-11-13-8-6-12(10-15)7-9-13/h10,12-13H,6-9,11H2,1-5H3/t12-,13-. The molecule has 0 aliphatic heterocycles. The summed E-state index contributed by atoms with van der Waals surface area (Å²) < 4.78 is 6.25. The van der Waals surface area contributed by atoms with Crippen molar-refractivity contribution in [3.63, 3.8) is 0 Å². The Labute approximate surface area is 107 Å². The first kappa shape index (κ1) is 14.9. The van der Waals surface area contributed by atoms with Gasteiger partial charge in [0.15, 0.2) is 8.32 Å². The summed E-state index contributed by atoms with van der Waals surface area (Å²) in [7, 11) is -1.58. The summed E-state index contributed by atoms with van der Waals surface area (Å²) in [4.78, 5) is 10.7. The van der Waals surface area contributed by atoms with E-state index in [4.69, 9.17) is 4.43 Å². The smallest absolute Gasteiger partial charge is 0.191 e. The Morgan fingerprint density at radius 3 is 2.12 bits per heavy atom. The molecule has 0 N–H and O–H groups in total. The van der Waals surface area contributed by atoms with E-state index in [1.807, 2.05) is 0 Å². The quantitative estimate of drug-likeness (QED) is 0.561. The van der Waals surface area contributed by atoms with Crippen molar-refractivity contribution in [2.75, 3.05) is 6.61 Å². The molecular formula is C14H28O2Si. The van der Waals surface area contributed by atoms with Gasteiger partial charge in [0.25, 0.3) is 0 Å². The van der Waals surface area contributed by atoms with E-state index in [1.54, 1.807) is 0 Å². The van der Waals surface area contributed by atoms with Crippen LogP contribution in [0.2, 0.25) is 18.1 Å². The summed E-state index contributed by atoms with van der Waals surface area (Å²) in [6.07, 6.45) is 5.59. The molecule has 0 spiro atoms. The molecule has 0 unspecified atom stereocenters. The maximum Gasteiger partial charge on any atom is 0.191 e. The number of hydrogen-bond acceptors (Lipinski definition) is 2. The lowest BCUT2D eigenvalue weighted by Crippen LogP contribution is -2.42. The van der Waals surface area contributed by atoms with Gasteiger partial charge >= 0.3 is 0 Å². The summed E-state index contributed by atoms with van der Waals surface area (Å²) in [5.41, 5.74) is 0. The van der Waals surface area contributed by atoms with Crippen molar-refractivity contribution in [3.8, 4) is 0 Å². The van der Waals surface area contributed by atoms with Crippen molar-refractivity contribution in [2.45, 2.75) is 64.6 Å². The van der Waals surface area contributed by atoms with Crippen LogP contribution in [-0.4, -0.2) is 21.2 Å². The zero-order valence-corrected chi connectivity index (χ0v) is 13.1. The Bertz CT molecular complexity index is 247. The number of hydrogen-bond donors (Lipinski definition) is 0. The van der Waals surface area contributed by atoms with Crippen molar-refractivity contribution in [1.82, 2.24) is 0 Å². The highest BCUT2D eigenvalue weighted by Gasteiger charge is 2.37. The second-order valence-electron chi connectivity index (χ2n) is 6.99. The number of carbonyl (C=O) groups excluding carboxylic acids is 1. The van der Waals surface area contributed by atoms with Crippen LogP contribution in [0.5, 0.6) is 0 Å². The molecular weight excluding hydrogens is 228 g/mol. The van der Waals surface area contributed by atoms with Gasteiger partial charge in [0.05, 0.1) is 0 Å². The molecule has 0 aromatic carbocycles. The van der Waals surface area contributed by atoms with Crippen molar-refractivity contribution < 1.29 is 9.22 Å². The first-order chi connectivity index (χ1) is 7.76. The van der Waals surface area contributed by atoms with Crippen LogP contribution in [0.4, 0.5) is 0 Å². The molecule has 2 nitrogen and oxygen atoms in total. The van der Waals surface area contributed by atoms with E-state index in [2.05, 4.69) is 33.9 Å². The lowest BCUT2D eigenvalue weighted by atomic mass is 9.83. The Balaban J connectivity index is 2.35. The fraction of sp³-hybridized carbons (Fsp3) is 0.929. The van der Waals surface area contributed by atoms with Crippen LogP contribution in [0, 0.1) is 11.8 Å². The minimum atomic E-state index is -1.58. The van der Waals surface area contributed by atoms with Crippen molar-refractivity contribution in [3.05, 3.63) is 0 Å². The van der Waals surface area contributed by atoms with Gasteiger partial charge in [-0.15, -0.1) is 0 Å². The Kier molecular flexibility index (Phi) is 4.96. The predicted molar refractivity (Wildman–Crippen MR) is 74.7 cm³/mol. The van der Waals surface area contributed by atoms with Crippen LogP contribution in [0.15, 0.2) is 0 Å². The summed E-state index contributed by atoms with van der Waals surface area (Å²) >= 11 is 0. The van der Waals surface area contributed by atoms with E-state index in [9.17, 15) is 4.79 Å². The summed E-state index contributed by atoms with van der Waals surface area (Å²) in [5.74, 6) is 0.999. The van der Waals surface area contributed by atoms with E-state index in [0.717, 1.165) is 38.6 Å². The lowest BCUT2D eigenvalue weighted by molar-refractivity contribution is -0.112. The number of aldehydes is 1. The SMILES string of the molecule is CC(C)(C)[Si](C)(C)OC[C@H]1CC[C@H](C=O)CC1. The molecule has 3 heteroatoms. The minimum Gasteiger partial charge on any atom is -0.417 e. The topological polar surface area (TPSA) is 26.3 Å². The molecule has 0 heterocycles. The highest BCUT2D eigenvalue weighted by atomic mass is 28.4. The number of rotatable bonds is 4. The van der Waals surface area contributed by atoms with Gasteiger partial charge in [0, 0.05) is 12.5 Å². The molecule has 0 radical (unpaired) electrons. The van der Waals surface area contributed by atoms with Crippen LogP contribution < -0.4 is 0 Å². The zero-order valence-electron chi connectivity index (χ0n) is 12.1. The lowest BCUT2D eigenvalue weighted by Gasteiger charge is -2.38. The normalized spacial score (nSPS) is 26.9. The molecule has 1 rings (SSSR count). The number of carbonyl (C=O) groups is 1. The third-order valence-electron chi connectivity index (χ3n) is 4.57. The van der Waals surface area contributed by atoms with E-state index in [1.165, 1.54) is 0 Å². The molecule has 0 saturated heterocycles. The fourth-order valence-corrected chi connectivity index (χ4v) is 3.12. The molecule has 0 aromatic heterocycles. The zero-order chi connectivity index (χ0) is 13.1. The molecule has 0 atom stereocenters. The van der Waals surface area contributed by atoms with Crippen LogP contribution in [0.25, 0.3) is 0 Å². The molecule has 0 aromatic rings. The third kappa shape index (κ3) is 4.22. The van der Waals surface area contributed by atoms with Crippen LogP contribution in [0.1, 0.15) is 46.5 Å². The van der Waals surface area contributed by atoms with Gasteiger partial charge in [-0.1, -0.05) is 20.8 Å². The van der Waals surface area contributed by atoms with Gasteiger partial charge < -0.3 is 9.22 Å². The monoisotopic (exact) mass is 256 g/mol. The van der Waals surface area contributed by atoms with Gasteiger partial charge in [-0.3, -0.25) is 0 Å². The van der Waals surface area contributed by atoms with E-state index >= 15 is 0 Å². The molecule has 1 aliphatic carbocycles. The Morgan fingerprint density at radius 1 is 1.18 bits per heavy atom. The molecule has 100 valence electrons. The minimum absolute atomic E-state index is 0.299. The van der Waals surface area contributed by atoms with Crippen molar-refractivity contribution in [2.24, 2.45) is 11.8 Å². The van der Waals surface area contributed by atoms with Crippen LogP contribution in [-0.2, 0) is 9.22 Å². The molecule has 0 amide bonds. The Morgan fingerprint density at radius 2 is 1.71 bits per heavy atom. The van der Waals surface area contributed by atoms with Crippen LogP contribution >= 0.6 is 0 Å². The first-order valence-electron chi connectivity index (χ1n) is 6.85. The predicted octanol–water partition coefficient (Wildman–Crippen LogP) is 4.01. The average molecular weight is 256 g/mol. The van der Waals surface area contributed by atoms with Gasteiger partial charge in [0.1, 0.15) is 6.29 Å². The summed E-state index contributed by atoms with van der Waals surface area (Å²) in [6, 6.07) is 0. The first-order valence-corrected chi connectivity index (χ1v) is 9.76. The van der Waals surface area contributed by atoms with Gasteiger partial charge in [-0.25, -0.2) is 0 Å². The summed E-state index contributed by atoms with van der Waals surface area (Å²) in [6.45, 7) is 12.4. The highest BCUT2D eigenvalue weighted by Crippen LogP contribution is 2.37. The van der Waals surface area contributed by atoms with Crippen molar-refractivity contribution >= 4 is 14.6 Å². The van der Waals surface area contributed by atoms with Gasteiger partial charge in [0.2, 0.25) is 0 Å². The second kappa shape index (κ2) is 5.66. The molecule has 1 fully saturated rings. The molecule has 0 bridgehead atoms. The van der Waals surface area contributed by atoms with Crippen molar-refractivity contribution in [1.29, 1.82) is 0 Å². The molecule has 1 aliphatic rings. The third-order valence-corrected chi connectivity index (χ3v) is 9.07. The van der Waals surface area contributed by atoms with E-state index in [0.29, 0.717) is 16.9 Å². The fourth-order valence-electron chi connectivity index (χ4n) is 2.03. The second-order valence-corrected chi connectivity index (χ2v) is 11.8. The maximum absolute atomic E-state index is 10.7. The summed E-state index contributed by atoms with van der Waals surface area (Å²) in [5, 5.41) is 0.299. The largest absolute Gasteiger partial charge is 0.417 e. The van der Waals surface area contributed by atoms with Crippen LogP contribution in [0.3, 0.4) is 0 Å². The molecule has 1 saturated carbocycles. The highest BCUT2D eigenvalue weighted by molar-refractivity contribution is 6.74. The van der Waals surface area contributed by atoms with Gasteiger partial charge in [-0.05, 0) is 49.7 Å². The maximum atomic E-state index is 10.7. The van der Waals surface area contributed by atoms with E-state index in [-0.39, 0.29) is 0 Å². The Hall–Kier alpha value is -0.153. The molecule has 17 heavy (non-hydrogen) atoms. The van der Waals surface area contributed by atoms with Gasteiger partial charge in [-0.2, -0.15) is 0 Å².